The summed E-state index contributed by atoms with van der Waals surface area (Å²) in [4.78, 5) is 7.79. The maximum absolute atomic E-state index is 12.2. The van der Waals surface area contributed by atoms with Crippen molar-refractivity contribution in [2.45, 2.75) is 36.2 Å². The standard InChI is InChI=1S/C13H16N4O2S2/c18-21(19,17-7-12-3-4-14-9-16-12)13-5-10(8-20-13)6-15-11-1-2-11/h3-5,8-9,11,15,17H,1-2,6-7H2. The summed E-state index contributed by atoms with van der Waals surface area (Å²) in [7, 11) is -3.48. The van der Waals surface area contributed by atoms with E-state index in [4.69, 9.17) is 0 Å². The van der Waals surface area contributed by atoms with E-state index in [9.17, 15) is 8.42 Å². The van der Waals surface area contributed by atoms with Crippen LogP contribution in [-0.4, -0.2) is 24.4 Å². The summed E-state index contributed by atoms with van der Waals surface area (Å²) in [5.74, 6) is 0. The third-order valence-corrected chi connectivity index (χ3v) is 6.04. The van der Waals surface area contributed by atoms with Crippen LogP contribution in [0, 0.1) is 0 Å². The summed E-state index contributed by atoms with van der Waals surface area (Å²) in [5.41, 5.74) is 1.65. The summed E-state index contributed by atoms with van der Waals surface area (Å²) in [6, 6.07) is 4.02. The van der Waals surface area contributed by atoms with Gasteiger partial charge in [-0.15, -0.1) is 11.3 Å². The molecule has 6 nitrogen and oxygen atoms in total. The van der Waals surface area contributed by atoms with E-state index in [0.717, 1.165) is 12.1 Å². The van der Waals surface area contributed by atoms with Crippen molar-refractivity contribution in [2.24, 2.45) is 0 Å². The average Bonchev–Trinajstić information content (AvgIpc) is 3.20. The first-order chi connectivity index (χ1) is 10.1. The van der Waals surface area contributed by atoms with Crippen molar-refractivity contribution in [1.82, 2.24) is 20.0 Å². The number of hydrogen-bond acceptors (Lipinski definition) is 6. The molecule has 0 aliphatic heterocycles. The largest absolute Gasteiger partial charge is 0.310 e. The molecule has 1 fully saturated rings. The highest BCUT2D eigenvalue weighted by atomic mass is 32.2. The van der Waals surface area contributed by atoms with Crippen molar-refractivity contribution in [3.05, 3.63) is 41.3 Å². The van der Waals surface area contributed by atoms with Gasteiger partial charge in [0.05, 0.1) is 12.2 Å². The second-order valence-corrected chi connectivity index (χ2v) is 7.86. The summed E-state index contributed by atoms with van der Waals surface area (Å²) in [6.07, 6.45) is 5.42. The van der Waals surface area contributed by atoms with Gasteiger partial charge in [0.15, 0.2) is 0 Å². The summed E-state index contributed by atoms with van der Waals surface area (Å²) < 4.78 is 27.3. The van der Waals surface area contributed by atoms with Gasteiger partial charge in [-0.25, -0.2) is 23.1 Å². The Bertz CT molecular complexity index is 696. The molecule has 0 radical (unpaired) electrons. The fourth-order valence-electron chi connectivity index (χ4n) is 1.80. The molecule has 8 heteroatoms. The molecule has 112 valence electrons. The molecule has 2 N–H and O–H groups in total. The van der Waals surface area contributed by atoms with Crippen molar-refractivity contribution in [1.29, 1.82) is 0 Å². The van der Waals surface area contributed by atoms with Crippen molar-refractivity contribution < 1.29 is 8.42 Å². The van der Waals surface area contributed by atoms with E-state index in [2.05, 4.69) is 20.0 Å². The highest BCUT2D eigenvalue weighted by molar-refractivity contribution is 7.91. The van der Waals surface area contributed by atoms with Gasteiger partial charge in [-0.05, 0) is 35.9 Å². The van der Waals surface area contributed by atoms with Gasteiger partial charge in [0, 0.05) is 18.8 Å². The van der Waals surface area contributed by atoms with Crippen LogP contribution in [0.5, 0.6) is 0 Å². The quantitative estimate of drug-likeness (QED) is 0.801. The Hall–Kier alpha value is -1.35. The molecule has 0 aromatic carbocycles. The lowest BCUT2D eigenvalue weighted by Gasteiger charge is -2.03. The van der Waals surface area contributed by atoms with E-state index in [0.29, 0.717) is 15.9 Å². The molecule has 0 bridgehead atoms. The van der Waals surface area contributed by atoms with Crippen LogP contribution in [0.15, 0.2) is 34.2 Å². The predicted octanol–water partition coefficient (Wildman–Crippen LogP) is 1.27. The minimum atomic E-state index is -3.48. The number of sulfonamides is 1. The Balaban J connectivity index is 1.61. The maximum atomic E-state index is 12.2. The Kier molecular flexibility index (Phi) is 4.29. The van der Waals surface area contributed by atoms with Crippen molar-refractivity contribution in [3.63, 3.8) is 0 Å². The SMILES string of the molecule is O=S(=O)(NCc1ccncn1)c1cc(CNC2CC2)cs1. The first-order valence-corrected chi connectivity index (χ1v) is 9.05. The molecule has 0 amide bonds. The molecule has 1 saturated carbocycles. The van der Waals surface area contributed by atoms with Crippen molar-refractivity contribution >= 4 is 21.4 Å². The van der Waals surface area contributed by atoms with Crippen LogP contribution in [-0.2, 0) is 23.1 Å². The summed E-state index contributed by atoms with van der Waals surface area (Å²) in [5, 5.41) is 5.25. The number of rotatable bonds is 7. The molecule has 3 rings (SSSR count). The lowest BCUT2D eigenvalue weighted by molar-refractivity contribution is 0.582. The molecule has 0 spiro atoms. The number of aromatic nitrogens is 2. The number of hydrogen-bond donors (Lipinski definition) is 2. The van der Waals surface area contributed by atoms with Crippen LogP contribution in [0.2, 0.25) is 0 Å². The van der Waals surface area contributed by atoms with E-state index >= 15 is 0 Å². The lowest BCUT2D eigenvalue weighted by atomic mass is 10.3. The maximum Gasteiger partial charge on any atom is 0.250 e. The third-order valence-electron chi connectivity index (χ3n) is 3.15. The Morgan fingerprint density at radius 3 is 2.90 bits per heavy atom. The van der Waals surface area contributed by atoms with Crippen LogP contribution >= 0.6 is 11.3 Å². The van der Waals surface area contributed by atoms with Gasteiger partial charge in [-0.1, -0.05) is 0 Å². The Morgan fingerprint density at radius 1 is 1.33 bits per heavy atom. The number of nitrogens with zero attached hydrogens (tertiary/aromatic N) is 2. The lowest BCUT2D eigenvalue weighted by Crippen LogP contribution is -2.23. The monoisotopic (exact) mass is 324 g/mol. The Morgan fingerprint density at radius 2 is 2.19 bits per heavy atom. The van der Waals surface area contributed by atoms with Gasteiger partial charge in [-0.3, -0.25) is 0 Å². The second-order valence-electron chi connectivity index (χ2n) is 4.95. The number of nitrogens with one attached hydrogen (secondary N) is 2. The first-order valence-electron chi connectivity index (χ1n) is 6.69. The third kappa shape index (κ3) is 4.07. The smallest absolute Gasteiger partial charge is 0.250 e. The van der Waals surface area contributed by atoms with E-state index in [-0.39, 0.29) is 6.54 Å². The molecule has 2 heterocycles. The fraction of sp³-hybridized carbons (Fsp3) is 0.385. The first kappa shape index (κ1) is 14.6. The average molecular weight is 324 g/mol. The summed E-state index contributed by atoms with van der Waals surface area (Å²) in [6.45, 7) is 0.890. The minimum absolute atomic E-state index is 0.165. The predicted molar refractivity (Wildman–Crippen MR) is 80.2 cm³/mol. The zero-order chi connectivity index (χ0) is 14.7. The van der Waals surface area contributed by atoms with Gasteiger partial charge in [-0.2, -0.15) is 0 Å². The van der Waals surface area contributed by atoms with Crippen LogP contribution < -0.4 is 10.0 Å². The van der Waals surface area contributed by atoms with E-state index in [1.165, 1.54) is 30.5 Å². The van der Waals surface area contributed by atoms with Crippen LogP contribution in [0.3, 0.4) is 0 Å². The van der Waals surface area contributed by atoms with E-state index < -0.39 is 10.0 Å². The normalized spacial score (nSPS) is 15.2. The molecule has 21 heavy (non-hydrogen) atoms. The molecule has 2 aromatic heterocycles. The van der Waals surface area contributed by atoms with Crippen molar-refractivity contribution in [2.75, 3.05) is 0 Å². The molecule has 0 unspecified atom stereocenters. The highest BCUT2D eigenvalue weighted by Gasteiger charge is 2.21. The van der Waals surface area contributed by atoms with Crippen LogP contribution in [0.4, 0.5) is 0 Å². The summed E-state index contributed by atoms with van der Waals surface area (Å²) >= 11 is 1.24. The molecule has 1 aliphatic carbocycles. The van der Waals surface area contributed by atoms with Gasteiger partial charge in [0.25, 0.3) is 0 Å². The van der Waals surface area contributed by atoms with Crippen LogP contribution in [0.25, 0.3) is 0 Å². The molecular formula is C13H16N4O2S2. The molecule has 0 atom stereocenters. The molecule has 1 aliphatic rings. The zero-order valence-corrected chi connectivity index (χ0v) is 13.0. The van der Waals surface area contributed by atoms with Crippen LogP contribution in [0.1, 0.15) is 24.1 Å². The van der Waals surface area contributed by atoms with Crippen molar-refractivity contribution in [3.8, 4) is 0 Å². The second kappa shape index (κ2) is 6.18. The van der Waals surface area contributed by atoms with Gasteiger partial charge >= 0.3 is 0 Å². The fourth-order valence-corrected chi connectivity index (χ4v) is 4.05. The van der Waals surface area contributed by atoms with E-state index in [1.54, 1.807) is 18.3 Å². The van der Waals surface area contributed by atoms with Gasteiger partial charge in [0.1, 0.15) is 10.5 Å². The van der Waals surface area contributed by atoms with E-state index in [1.807, 2.05) is 5.38 Å². The minimum Gasteiger partial charge on any atom is -0.310 e. The molecule has 0 saturated heterocycles. The highest BCUT2D eigenvalue weighted by Crippen LogP contribution is 2.23. The van der Waals surface area contributed by atoms with Gasteiger partial charge < -0.3 is 5.32 Å². The topological polar surface area (TPSA) is 84.0 Å². The molecule has 2 aromatic rings. The van der Waals surface area contributed by atoms with Gasteiger partial charge in [0.2, 0.25) is 10.0 Å². The molecular weight excluding hydrogens is 308 g/mol. The number of thiophene rings is 1. The Labute approximate surface area is 127 Å². The zero-order valence-electron chi connectivity index (χ0n) is 11.3.